The average molecular weight is 461 g/mol. The van der Waals surface area contributed by atoms with E-state index in [1.807, 2.05) is 26.0 Å². The largest absolute Gasteiger partial charge is 0.490 e. The molecule has 0 radical (unpaired) electrons. The van der Waals surface area contributed by atoms with E-state index in [-0.39, 0.29) is 19.3 Å². The Balaban J connectivity index is 2.20. The number of nitrogens with one attached hydrogen (secondary N) is 1. The van der Waals surface area contributed by atoms with E-state index in [1.165, 1.54) is 6.07 Å². The number of aliphatic hydroxyl groups excluding tert-OH is 1. The molecule has 0 fully saturated rings. The molecule has 0 unspecified atom stereocenters. The molecule has 0 amide bonds. The Labute approximate surface area is 172 Å². The van der Waals surface area contributed by atoms with Crippen molar-refractivity contribution < 1.29 is 19.0 Å². The molecule has 7 heteroatoms. The summed E-state index contributed by atoms with van der Waals surface area (Å²) in [6.45, 7) is 5.02. The molecule has 0 saturated heterocycles. The zero-order valence-electron chi connectivity index (χ0n) is 15.4. The first-order valence-electron chi connectivity index (χ1n) is 8.85. The number of hydrogen-bond donors (Lipinski definition) is 2. The van der Waals surface area contributed by atoms with Gasteiger partial charge in [0.1, 0.15) is 12.4 Å². The standard InChI is InChI=1S/C20H24BrClFNO3/c1-3-14(11-25)24-10-13-8-16(21)20(19(9-13)26-4-2)27-12-15-17(22)6-5-7-18(15)23/h5-9,14,24-25H,3-4,10-12H2,1-2H3/t14-/m0/s1. The first-order valence-corrected chi connectivity index (χ1v) is 10.0. The van der Waals surface area contributed by atoms with Crippen LogP contribution < -0.4 is 14.8 Å². The van der Waals surface area contributed by atoms with E-state index in [2.05, 4.69) is 21.2 Å². The van der Waals surface area contributed by atoms with Crippen LogP contribution in [0.25, 0.3) is 0 Å². The van der Waals surface area contributed by atoms with Gasteiger partial charge in [-0.3, -0.25) is 0 Å². The maximum absolute atomic E-state index is 14.0. The first kappa shape index (κ1) is 22.0. The minimum absolute atomic E-state index is 0.00972. The predicted octanol–water partition coefficient (Wildman–Crippen LogP) is 5.08. The third kappa shape index (κ3) is 6.07. The van der Waals surface area contributed by atoms with Crippen LogP contribution in [0.1, 0.15) is 31.4 Å². The van der Waals surface area contributed by atoms with Crippen molar-refractivity contribution in [3.63, 3.8) is 0 Å². The van der Waals surface area contributed by atoms with Gasteiger partial charge in [-0.2, -0.15) is 0 Å². The fourth-order valence-corrected chi connectivity index (χ4v) is 3.36. The number of ether oxygens (including phenoxy) is 2. The Hall–Kier alpha value is -1.34. The summed E-state index contributed by atoms with van der Waals surface area (Å²) >= 11 is 9.58. The molecule has 4 nitrogen and oxygen atoms in total. The molecule has 2 aromatic carbocycles. The minimum atomic E-state index is -0.410. The van der Waals surface area contributed by atoms with Gasteiger partial charge in [0.2, 0.25) is 0 Å². The molecule has 1 atom stereocenters. The van der Waals surface area contributed by atoms with Crippen LogP contribution in [-0.4, -0.2) is 24.4 Å². The quantitative estimate of drug-likeness (QED) is 0.519. The number of hydrogen-bond acceptors (Lipinski definition) is 4. The minimum Gasteiger partial charge on any atom is -0.490 e. The fraction of sp³-hybridized carbons (Fsp3) is 0.400. The third-order valence-corrected chi connectivity index (χ3v) is 5.04. The van der Waals surface area contributed by atoms with E-state index >= 15 is 0 Å². The highest BCUT2D eigenvalue weighted by Gasteiger charge is 2.15. The molecule has 2 rings (SSSR count). The van der Waals surface area contributed by atoms with E-state index in [1.54, 1.807) is 12.1 Å². The SMILES string of the molecule is CCOc1cc(CN[C@@H](CC)CO)cc(Br)c1OCc1c(F)cccc1Cl. The van der Waals surface area contributed by atoms with Crippen LogP contribution in [0.2, 0.25) is 5.02 Å². The van der Waals surface area contributed by atoms with Gasteiger partial charge in [-0.1, -0.05) is 24.6 Å². The first-order chi connectivity index (χ1) is 13.0. The van der Waals surface area contributed by atoms with Crippen LogP contribution in [0.5, 0.6) is 11.5 Å². The van der Waals surface area contributed by atoms with E-state index < -0.39 is 5.82 Å². The molecule has 0 aliphatic rings. The second kappa shape index (κ2) is 10.9. The summed E-state index contributed by atoms with van der Waals surface area (Å²) in [7, 11) is 0. The second-order valence-corrected chi connectivity index (χ2v) is 7.26. The zero-order valence-corrected chi connectivity index (χ0v) is 17.7. The van der Waals surface area contributed by atoms with Gasteiger partial charge in [0.25, 0.3) is 0 Å². The Morgan fingerprint density at radius 3 is 2.67 bits per heavy atom. The molecule has 0 bridgehead atoms. The van der Waals surface area contributed by atoms with Gasteiger partial charge in [-0.15, -0.1) is 0 Å². The molecule has 2 aromatic rings. The lowest BCUT2D eigenvalue weighted by molar-refractivity contribution is 0.238. The Morgan fingerprint density at radius 1 is 1.26 bits per heavy atom. The Morgan fingerprint density at radius 2 is 2.04 bits per heavy atom. The van der Waals surface area contributed by atoms with Crippen molar-refractivity contribution in [3.8, 4) is 11.5 Å². The fourth-order valence-electron chi connectivity index (χ4n) is 2.54. The number of aliphatic hydroxyl groups is 1. The van der Waals surface area contributed by atoms with Crippen LogP contribution in [0, 0.1) is 5.82 Å². The normalized spacial score (nSPS) is 12.1. The van der Waals surface area contributed by atoms with Crippen LogP contribution in [0.3, 0.4) is 0 Å². The zero-order chi connectivity index (χ0) is 19.8. The van der Waals surface area contributed by atoms with E-state index in [4.69, 9.17) is 21.1 Å². The topological polar surface area (TPSA) is 50.7 Å². The van der Waals surface area contributed by atoms with Gasteiger partial charge in [-0.25, -0.2) is 4.39 Å². The molecule has 0 heterocycles. The maximum atomic E-state index is 14.0. The highest BCUT2D eigenvalue weighted by atomic mass is 79.9. The summed E-state index contributed by atoms with van der Waals surface area (Å²) in [4.78, 5) is 0. The Bertz CT molecular complexity index is 736. The van der Waals surface area contributed by atoms with Gasteiger partial charge < -0.3 is 19.9 Å². The Kier molecular flexibility index (Phi) is 8.83. The van der Waals surface area contributed by atoms with Crippen molar-refractivity contribution in [1.82, 2.24) is 5.32 Å². The van der Waals surface area contributed by atoms with Gasteiger partial charge in [0, 0.05) is 18.2 Å². The van der Waals surface area contributed by atoms with Gasteiger partial charge in [-0.05, 0) is 59.1 Å². The van der Waals surface area contributed by atoms with Crippen LogP contribution in [-0.2, 0) is 13.2 Å². The van der Waals surface area contributed by atoms with Crippen molar-refractivity contribution in [2.45, 2.75) is 39.5 Å². The van der Waals surface area contributed by atoms with E-state index in [0.717, 1.165) is 12.0 Å². The van der Waals surface area contributed by atoms with Crippen molar-refractivity contribution in [2.24, 2.45) is 0 Å². The summed E-state index contributed by atoms with van der Waals surface area (Å²) in [5.41, 5.74) is 1.28. The highest BCUT2D eigenvalue weighted by Crippen LogP contribution is 2.38. The molecular weight excluding hydrogens is 437 g/mol. The van der Waals surface area contributed by atoms with Crippen molar-refractivity contribution in [3.05, 3.63) is 56.8 Å². The molecule has 0 aliphatic carbocycles. The van der Waals surface area contributed by atoms with Crippen molar-refractivity contribution in [1.29, 1.82) is 0 Å². The maximum Gasteiger partial charge on any atom is 0.175 e. The van der Waals surface area contributed by atoms with Gasteiger partial charge >= 0.3 is 0 Å². The number of benzene rings is 2. The monoisotopic (exact) mass is 459 g/mol. The molecule has 0 saturated carbocycles. The summed E-state index contributed by atoms with van der Waals surface area (Å²) in [6, 6.07) is 8.37. The molecule has 0 aromatic heterocycles. The van der Waals surface area contributed by atoms with Crippen LogP contribution in [0.4, 0.5) is 4.39 Å². The number of halogens is 3. The predicted molar refractivity (Wildman–Crippen MR) is 109 cm³/mol. The summed E-state index contributed by atoms with van der Waals surface area (Å²) < 4.78 is 26.2. The summed E-state index contributed by atoms with van der Waals surface area (Å²) in [6.07, 6.45) is 0.834. The molecular formula is C20H24BrClFNO3. The molecule has 0 spiro atoms. The lowest BCUT2D eigenvalue weighted by Gasteiger charge is -2.18. The van der Waals surface area contributed by atoms with Crippen LogP contribution >= 0.6 is 27.5 Å². The summed E-state index contributed by atoms with van der Waals surface area (Å²) in [5, 5.41) is 12.9. The lowest BCUT2D eigenvalue weighted by atomic mass is 10.1. The second-order valence-electron chi connectivity index (χ2n) is 6.00. The number of rotatable bonds is 10. The molecule has 27 heavy (non-hydrogen) atoms. The van der Waals surface area contributed by atoms with Crippen LogP contribution in [0.15, 0.2) is 34.8 Å². The smallest absolute Gasteiger partial charge is 0.175 e. The van der Waals surface area contributed by atoms with Gasteiger partial charge in [0.05, 0.1) is 22.7 Å². The third-order valence-electron chi connectivity index (χ3n) is 4.10. The summed E-state index contributed by atoms with van der Waals surface area (Å²) in [5.74, 6) is 0.648. The van der Waals surface area contributed by atoms with Gasteiger partial charge in [0.15, 0.2) is 11.5 Å². The molecule has 148 valence electrons. The van der Waals surface area contributed by atoms with Crippen molar-refractivity contribution in [2.75, 3.05) is 13.2 Å². The highest BCUT2D eigenvalue weighted by molar-refractivity contribution is 9.10. The van der Waals surface area contributed by atoms with E-state index in [0.29, 0.717) is 39.7 Å². The van der Waals surface area contributed by atoms with Crippen molar-refractivity contribution >= 4 is 27.5 Å². The lowest BCUT2D eigenvalue weighted by Crippen LogP contribution is -2.31. The molecule has 2 N–H and O–H groups in total. The average Bonchev–Trinajstić information content (AvgIpc) is 2.64. The van der Waals surface area contributed by atoms with E-state index in [9.17, 15) is 9.50 Å². The molecule has 0 aliphatic heterocycles.